The molecule has 0 saturated heterocycles. The van der Waals surface area contributed by atoms with Gasteiger partial charge in [-0.25, -0.2) is 0 Å². The molecule has 1 amide bonds. The molecule has 0 aromatic rings. The Hall–Kier alpha value is 0.0800. The number of carbonyl (C=O) groups is 1. The molecule has 2 nitrogen and oxygen atoms in total. The molecular weight excluding hydrogens is 220 g/mol. The SMILES string of the molecule is C=CC(C)(C)NC(=O)C(Cl)(Cl)Cl. The lowest BCUT2D eigenvalue weighted by atomic mass is 10.1. The number of hydrogen-bond acceptors (Lipinski definition) is 1. The Morgan fingerprint density at radius 2 is 1.83 bits per heavy atom. The van der Waals surface area contributed by atoms with E-state index in [4.69, 9.17) is 34.8 Å². The summed E-state index contributed by atoms with van der Waals surface area (Å²) in [7, 11) is 0. The molecule has 0 aliphatic rings. The summed E-state index contributed by atoms with van der Waals surface area (Å²) in [6.45, 7) is 7.01. The Labute approximate surface area is 86.9 Å². The molecule has 0 bridgehead atoms. The number of hydrogen-bond donors (Lipinski definition) is 1. The second-order valence-corrected chi connectivity index (χ2v) is 5.16. The van der Waals surface area contributed by atoms with Crippen molar-refractivity contribution in [1.82, 2.24) is 5.32 Å². The van der Waals surface area contributed by atoms with Crippen molar-refractivity contribution < 1.29 is 4.79 Å². The van der Waals surface area contributed by atoms with Crippen LogP contribution in [0.1, 0.15) is 13.8 Å². The molecule has 0 heterocycles. The highest BCUT2D eigenvalue weighted by molar-refractivity contribution is 6.76. The minimum atomic E-state index is -1.92. The van der Waals surface area contributed by atoms with Crippen LogP contribution in [0.4, 0.5) is 0 Å². The Kier molecular flexibility index (Phi) is 3.88. The molecule has 0 spiro atoms. The average Bonchev–Trinajstić information content (AvgIpc) is 1.85. The molecule has 0 rings (SSSR count). The van der Waals surface area contributed by atoms with Gasteiger partial charge in [-0.15, -0.1) is 6.58 Å². The third-order valence-corrected chi connectivity index (χ3v) is 1.72. The van der Waals surface area contributed by atoms with Gasteiger partial charge in [-0.2, -0.15) is 0 Å². The number of nitrogens with one attached hydrogen (secondary N) is 1. The van der Waals surface area contributed by atoms with Gasteiger partial charge < -0.3 is 5.32 Å². The van der Waals surface area contributed by atoms with Gasteiger partial charge in [0.15, 0.2) is 0 Å². The number of halogens is 3. The summed E-state index contributed by atoms with van der Waals surface area (Å²) in [5, 5.41) is 2.49. The van der Waals surface area contributed by atoms with Crippen LogP contribution in [0.3, 0.4) is 0 Å². The highest BCUT2D eigenvalue weighted by Crippen LogP contribution is 2.26. The normalized spacial score (nSPS) is 12.4. The molecule has 5 heteroatoms. The second-order valence-electron chi connectivity index (χ2n) is 2.88. The monoisotopic (exact) mass is 229 g/mol. The number of carbonyl (C=O) groups excluding carboxylic acids is 1. The van der Waals surface area contributed by atoms with Crippen LogP contribution in [0.25, 0.3) is 0 Å². The molecule has 0 unspecified atom stereocenters. The van der Waals surface area contributed by atoms with Crippen molar-refractivity contribution in [3.63, 3.8) is 0 Å². The van der Waals surface area contributed by atoms with E-state index in [2.05, 4.69) is 11.9 Å². The summed E-state index contributed by atoms with van der Waals surface area (Å²) in [5.41, 5.74) is -0.568. The van der Waals surface area contributed by atoms with E-state index in [0.717, 1.165) is 0 Å². The smallest absolute Gasteiger partial charge is 0.272 e. The number of amides is 1. The van der Waals surface area contributed by atoms with Crippen molar-refractivity contribution in [2.75, 3.05) is 0 Å². The van der Waals surface area contributed by atoms with Gasteiger partial charge in [0.2, 0.25) is 0 Å². The highest BCUT2D eigenvalue weighted by atomic mass is 35.6. The lowest BCUT2D eigenvalue weighted by Gasteiger charge is -2.24. The van der Waals surface area contributed by atoms with E-state index in [-0.39, 0.29) is 0 Å². The van der Waals surface area contributed by atoms with Crippen LogP contribution in [-0.2, 0) is 4.79 Å². The third kappa shape index (κ3) is 4.19. The van der Waals surface area contributed by atoms with E-state index >= 15 is 0 Å². The van der Waals surface area contributed by atoms with Gasteiger partial charge in [-0.05, 0) is 13.8 Å². The van der Waals surface area contributed by atoms with Crippen molar-refractivity contribution in [1.29, 1.82) is 0 Å². The molecule has 0 aliphatic heterocycles. The zero-order valence-electron chi connectivity index (χ0n) is 6.83. The molecule has 12 heavy (non-hydrogen) atoms. The van der Waals surface area contributed by atoms with Crippen molar-refractivity contribution in [2.24, 2.45) is 0 Å². The fourth-order valence-electron chi connectivity index (χ4n) is 0.415. The van der Waals surface area contributed by atoms with Crippen LogP contribution in [0.2, 0.25) is 0 Å². The van der Waals surface area contributed by atoms with Crippen LogP contribution in [0.15, 0.2) is 12.7 Å². The van der Waals surface area contributed by atoms with Crippen LogP contribution >= 0.6 is 34.8 Å². The maximum Gasteiger partial charge on any atom is 0.272 e. The molecule has 0 saturated carbocycles. The zero-order chi connectivity index (χ0) is 9.99. The van der Waals surface area contributed by atoms with Gasteiger partial charge in [0.05, 0.1) is 5.54 Å². The van der Waals surface area contributed by atoms with E-state index in [1.54, 1.807) is 19.9 Å². The first-order valence-electron chi connectivity index (χ1n) is 3.22. The zero-order valence-corrected chi connectivity index (χ0v) is 9.09. The summed E-state index contributed by atoms with van der Waals surface area (Å²) >= 11 is 16.0. The largest absolute Gasteiger partial charge is 0.344 e. The average molecular weight is 231 g/mol. The number of alkyl halides is 3. The first kappa shape index (κ1) is 12.1. The summed E-state index contributed by atoms with van der Waals surface area (Å²) < 4.78 is -1.92. The Morgan fingerprint density at radius 1 is 1.42 bits per heavy atom. The third-order valence-electron chi connectivity index (χ3n) is 1.20. The van der Waals surface area contributed by atoms with Crippen molar-refractivity contribution >= 4 is 40.7 Å². The molecular formula is C7H10Cl3NO. The first-order valence-corrected chi connectivity index (χ1v) is 4.35. The molecule has 0 fully saturated rings. The second kappa shape index (κ2) is 3.86. The van der Waals surface area contributed by atoms with Gasteiger partial charge in [0.1, 0.15) is 0 Å². The van der Waals surface area contributed by atoms with Gasteiger partial charge in [0.25, 0.3) is 9.70 Å². The molecule has 0 radical (unpaired) electrons. The van der Waals surface area contributed by atoms with Gasteiger partial charge in [-0.1, -0.05) is 40.9 Å². The van der Waals surface area contributed by atoms with Gasteiger partial charge in [-0.3, -0.25) is 4.79 Å². The predicted octanol–water partition coefficient (Wildman–Crippen LogP) is 2.44. The summed E-state index contributed by atoms with van der Waals surface area (Å²) in [6, 6.07) is 0. The summed E-state index contributed by atoms with van der Waals surface area (Å²) in [6.07, 6.45) is 1.56. The minimum Gasteiger partial charge on any atom is -0.344 e. The van der Waals surface area contributed by atoms with E-state index in [0.29, 0.717) is 0 Å². The molecule has 0 aliphatic carbocycles. The van der Waals surface area contributed by atoms with E-state index in [1.165, 1.54) is 0 Å². The molecule has 0 aromatic carbocycles. The molecule has 0 aromatic heterocycles. The van der Waals surface area contributed by atoms with Crippen LogP contribution in [0.5, 0.6) is 0 Å². The lowest BCUT2D eigenvalue weighted by molar-refractivity contribution is -0.121. The van der Waals surface area contributed by atoms with Crippen molar-refractivity contribution in [2.45, 2.75) is 23.2 Å². The predicted molar refractivity (Wildman–Crippen MR) is 52.7 cm³/mol. The van der Waals surface area contributed by atoms with Crippen LogP contribution in [0, 0.1) is 0 Å². The lowest BCUT2D eigenvalue weighted by Crippen LogP contribution is -2.46. The van der Waals surface area contributed by atoms with E-state index < -0.39 is 15.2 Å². The standard InChI is InChI=1S/C7H10Cl3NO/c1-4-6(2,3)11-5(12)7(8,9)10/h4H,1H2,2-3H3,(H,11,12). The fraction of sp³-hybridized carbons (Fsp3) is 0.571. The van der Waals surface area contributed by atoms with Gasteiger partial charge >= 0.3 is 0 Å². The highest BCUT2D eigenvalue weighted by Gasteiger charge is 2.33. The molecule has 1 N–H and O–H groups in total. The maximum absolute atomic E-state index is 11.1. The van der Waals surface area contributed by atoms with Crippen molar-refractivity contribution in [3.8, 4) is 0 Å². The number of rotatable bonds is 2. The quantitative estimate of drug-likeness (QED) is 0.573. The van der Waals surface area contributed by atoms with E-state index in [9.17, 15) is 4.79 Å². The Bertz CT molecular complexity index is 195. The first-order chi connectivity index (χ1) is 5.19. The van der Waals surface area contributed by atoms with Gasteiger partial charge in [0, 0.05) is 0 Å². The summed E-state index contributed by atoms with van der Waals surface area (Å²) in [4.78, 5) is 11.1. The summed E-state index contributed by atoms with van der Waals surface area (Å²) in [5.74, 6) is -0.655. The molecule has 70 valence electrons. The maximum atomic E-state index is 11.1. The topological polar surface area (TPSA) is 29.1 Å². The Balaban J connectivity index is 4.29. The van der Waals surface area contributed by atoms with Crippen LogP contribution in [-0.4, -0.2) is 15.2 Å². The Morgan fingerprint density at radius 3 is 2.08 bits per heavy atom. The van der Waals surface area contributed by atoms with E-state index in [1.807, 2.05) is 0 Å². The minimum absolute atomic E-state index is 0.568. The van der Waals surface area contributed by atoms with Crippen LogP contribution < -0.4 is 5.32 Å². The molecule has 0 atom stereocenters. The van der Waals surface area contributed by atoms with Crippen molar-refractivity contribution in [3.05, 3.63) is 12.7 Å². The fourth-order valence-corrected chi connectivity index (χ4v) is 0.556.